The summed E-state index contributed by atoms with van der Waals surface area (Å²) in [5.74, 6) is 0.698. The summed E-state index contributed by atoms with van der Waals surface area (Å²) >= 11 is 1.53. The zero-order chi connectivity index (χ0) is 11.5. The van der Waals surface area contributed by atoms with E-state index in [-0.39, 0.29) is 0 Å². The molecule has 0 amide bonds. The first-order valence-corrected chi connectivity index (χ1v) is 6.10. The molecule has 0 aliphatic carbocycles. The summed E-state index contributed by atoms with van der Waals surface area (Å²) in [5.41, 5.74) is 0.701. The Morgan fingerprint density at radius 3 is 3.06 bits per heavy atom. The average Bonchev–Trinajstić information content (AvgIpc) is 2.69. The normalized spacial score (nSPS) is 12.9. The first-order chi connectivity index (χ1) is 7.72. The second-order valence-electron chi connectivity index (χ2n) is 3.41. The topological polar surface area (TPSA) is 86.7 Å². The minimum absolute atomic E-state index is 0.422. The van der Waals surface area contributed by atoms with Crippen molar-refractivity contribution in [1.29, 1.82) is 0 Å². The van der Waals surface area contributed by atoms with Gasteiger partial charge in [-0.15, -0.1) is 11.8 Å². The Hall–Kier alpha value is -1.34. The summed E-state index contributed by atoms with van der Waals surface area (Å²) in [6.07, 6.45) is 2.99. The van der Waals surface area contributed by atoms with Crippen LogP contribution in [0.15, 0.2) is 11.4 Å². The van der Waals surface area contributed by atoms with Gasteiger partial charge in [-0.1, -0.05) is 0 Å². The fourth-order valence-corrected chi connectivity index (χ4v) is 1.89. The summed E-state index contributed by atoms with van der Waals surface area (Å²) in [6.45, 7) is 2.17. The van der Waals surface area contributed by atoms with Crippen LogP contribution in [0.25, 0.3) is 11.0 Å². The van der Waals surface area contributed by atoms with Gasteiger partial charge < -0.3 is 10.4 Å². The Kier molecular flexibility index (Phi) is 3.25. The number of aromatic amines is 1. The number of H-pyrrole nitrogens is 1. The highest BCUT2D eigenvalue weighted by Gasteiger charge is 2.11. The Labute approximate surface area is 96.9 Å². The molecule has 0 aliphatic heterocycles. The van der Waals surface area contributed by atoms with Gasteiger partial charge >= 0.3 is 0 Å². The number of nitrogens with zero attached hydrogens (tertiary/aromatic N) is 3. The van der Waals surface area contributed by atoms with Gasteiger partial charge in [0.05, 0.1) is 11.5 Å². The molecule has 2 aromatic heterocycles. The fourth-order valence-electron chi connectivity index (χ4n) is 1.36. The number of nitrogens with one attached hydrogen (secondary N) is 2. The molecule has 0 aliphatic rings. The number of aliphatic hydroxyl groups excluding tert-OH is 1. The number of aromatic nitrogens is 4. The number of aliphatic hydroxyl groups is 1. The maximum Gasteiger partial charge on any atom is 0.161 e. The van der Waals surface area contributed by atoms with Crippen molar-refractivity contribution in [2.75, 3.05) is 18.1 Å². The maximum atomic E-state index is 9.23. The Bertz CT molecular complexity index is 484. The van der Waals surface area contributed by atoms with Crippen molar-refractivity contribution >= 4 is 28.6 Å². The molecule has 0 aromatic carbocycles. The monoisotopic (exact) mass is 239 g/mol. The molecule has 0 fully saturated rings. The second kappa shape index (κ2) is 4.67. The standard InChI is InChI=1S/C9H13N5OS/c1-5(15)3-10-7-6-8(12-4-11-7)13-14-9(6)16-2/h4-5,15H,3H2,1-2H3,(H2,10,11,12,13,14). The van der Waals surface area contributed by atoms with Crippen LogP contribution in [0.3, 0.4) is 0 Å². The van der Waals surface area contributed by atoms with E-state index in [1.165, 1.54) is 18.1 Å². The quantitative estimate of drug-likeness (QED) is 0.686. The number of hydrogen-bond acceptors (Lipinski definition) is 6. The third-order valence-corrected chi connectivity index (χ3v) is 2.76. The molecule has 7 heteroatoms. The van der Waals surface area contributed by atoms with Crippen LogP contribution in [0.5, 0.6) is 0 Å². The predicted molar refractivity (Wildman–Crippen MR) is 63.6 cm³/mol. The third kappa shape index (κ3) is 2.10. The van der Waals surface area contributed by atoms with Crippen molar-refractivity contribution in [3.63, 3.8) is 0 Å². The molecule has 3 N–H and O–H groups in total. The van der Waals surface area contributed by atoms with Gasteiger partial charge in [-0.3, -0.25) is 5.10 Å². The van der Waals surface area contributed by atoms with Gasteiger partial charge in [0.2, 0.25) is 0 Å². The first kappa shape index (κ1) is 11.2. The Balaban J connectivity index is 2.39. The molecule has 1 atom stereocenters. The van der Waals surface area contributed by atoms with Gasteiger partial charge in [0.15, 0.2) is 5.65 Å². The largest absolute Gasteiger partial charge is 0.392 e. The molecule has 0 spiro atoms. The van der Waals surface area contributed by atoms with Crippen LogP contribution in [0.4, 0.5) is 5.82 Å². The molecule has 16 heavy (non-hydrogen) atoms. The molecule has 2 rings (SSSR count). The van der Waals surface area contributed by atoms with Gasteiger partial charge in [0.1, 0.15) is 17.2 Å². The van der Waals surface area contributed by atoms with Crippen LogP contribution in [-0.2, 0) is 0 Å². The molecule has 0 radical (unpaired) electrons. The summed E-state index contributed by atoms with van der Waals surface area (Å²) in [6, 6.07) is 0. The molecule has 0 bridgehead atoms. The van der Waals surface area contributed by atoms with Crippen LogP contribution in [-0.4, -0.2) is 44.2 Å². The van der Waals surface area contributed by atoms with Crippen LogP contribution in [0, 0.1) is 0 Å². The number of anilines is 1. The summed E-state index contributed by atoms with van der Waals surface area (Å²) < 4.78 is 0. The van der Waals surface area contributed by atoms with E-state index in [0.717, 1.165) is 10.4 Å². The van der Waals surface area contributed by atoms with Crippen LogP contribution < -0.4 is 5.32 Å². The average molecular weight is 239 g/mol. The van der Waals surface area contributed by atoms with E-state index in [4.69, 9.17) is 0 Å². The Morgan fingerprint density at radius 2 is 2.38 bits per heavy atom. The van der Waals surface area contributed by atoms with E-state index in [0.29, 0.717) is 18.0 Å². The third-order valence-electron chi connectivity index (χ3n) is 2.08. The highest BCUT2D eigenvalue weighted by atomic mass is 32.2. The highest BCUT2D eigenvalue weighted by molar-refractivity contribution is 7.98. The summed E-state index contributed by atoms with van der Waals surface area (Å²) in [7, 11) is 0. The molecule has 0 saturated heterocycles. The molecular weight excluding hydrogens is 226 g/mol. The first-order valence-electron chi connectivity index (χ1n) is 4.87. The molecule has 1 unspecified atom stereocenters. The van der Waals surface area contributed by atoms with Crippen molar-refractivity contribution in [3.05, 3.63) is 6.33 Å². The lowest BCUT2D eigenvalue weighted by molar-refractivity contribution is 0.208. The molecule has 6 nitrogen and oxygen atoms in total. The zero-order valence-corrected chi connectivity index (χ0v) is 9.88. The van der Waals surface area contributed by atoms with E-state index >= 15 is 0 Å². The minimum atomic E-state index is -0.422. The molecule has 0 saturated carbocycles. The van der Waals surface area contributed by atoms with Gasteiger partial charge in [-0.2, -0.15) is 5.10 Å². The predicted octanol–water partition coefficient (Wildman–Crippen LogP) is 0.867. The van der Waals surface area contributed by atoms with Crippen molar-refractivity contribution in [2.45, 2.75) is 18.1 Å². The summed E-state index contributed by atoms with van der Waals surface area (Å²) in [5, 5.41) is 21.0. The SMILES string of the molecule is CSc1n[nH]c2ncnc(NCC(C)O)c12. The molecule has 2 heterocycles. The van der Waals surface area contributed by atoms with Crippen LogP contribution >= 0.6 is 11.8 Å². The Morgan fingerprint density at radius 1 is 1.56 bits per heavy atom. The summed E-state index contributed by atoms with van der Waals surface area (Å²) in [4.78, 5) is 8.25. The molecule has 86 valence electrons. The zero-order valence-electron chi connectivity index (χ0n) is 9.06. The number of thioether (sulfide) groups is 1. The van der Waals surface area contributed by atoms with Gasteiger partial charge in [-0.05, 0) is 13.2 Å². The molecular formula is C9H13N5OS. The van der Waals surface area contributed by atoms with E-state index in [1.54, 1.807) is 6.92 Å². The van der Waals surface area contributed by atoms with E-state index in [2.05, 4.69) is 25.5 Å². The van der Waals surface area contributed by atoms with Gasteiger partial charge in [-0.25, -0.2) is 9.97 Å². The smallest absolute Gasteiger partial charge is 0.161 e. The minimum Gasteiger partial charge on any atom is -0.392 e. The highest BCUT2D eigenvalue weighted by Crippen LogP contribution is 2.27. The lowest BCUT2D eigenvalue weighted by Crippen LogP contribution is -2.16. The lowest BCUT2D eigenvalue weighted by atomic mass is 10.3. The van der Waals surface area contributed by atoms with Gasteiger partial charge in [0, 0.05) is 6.54 Å². The second-order valence-corrected chi connectivity index (χ2v) is 4.20. The number of hydrogen-bond donors (Lipinski definition) is 3. The van der Waals surface area contributed by atoms with E-state index in [1.807, 2.05) is 6.26 Å². The van der Waals surface area contributed by atoms with Crippen molar-refractivity contribution in [3.8, 4) is 0 Å². The maximum absolute atomic E-state index is 9.23. The van der Waals surface area contributed by atoms with Crippen LogP contribution in [0.1, 0.15) is 6.92 Å². The van der Waals surface area contributed by atoms with Crippen molar-refractivity contribution in [2.24, 2.45) is 0 Å². The fraction of sp³-hybridized carbons (Fsp3) is 0.444. The van der Waals surface area contributed by atoms with Crippen LogP contribution in [0.2, 0.25) is 0 Å². The van der Waals surface area contributed by atoms with Crippen molar-refractivity contribution in [1.82, 2.24) is 20.2 Å². The van der Waals surface area contributed by atoms with Gasteiger partial charge in [0.25, 0.3) is 0 Å². The van der Waals surface area contributed by atoms with E-state index in [9.17, 15) is 5.11 Å². The number of fused-ring (bicyclic) bond motifs is 1. The van der Waals surface area contributed by atoms with Crippen molar-refractivity contribution < 1.29 is 5.11 Å². The molecule has 2 aromatic rings. The lowest BCUT2D eigenvalue weighted by Gasteiger charge is -2.08. The van der Waals surface area contributed by atoms with E-state index < -0.39 is 6.10 Å². The number of rotatable bonds is 4.